The molecule has 0 radical (unpaired) electrons. The molecule has 0 aliphatic heterocycles. The average Bonchev–Trinajstić information content (AvgIpc) is 2.32. The summed E-state index contributed by atoms with van der Waals surface area (Å²) in [5.74, 6) is 5.02. The van der Waals surface area contributed by atoms with Crippen LogP contribution in [0.25, 0.3) is 0 Å². The smallest absolute Gasteiger partial charge is 0.0234 e. The van der Waals surface area contributed by atoms with Crippen LogP contribution in [0.5, 0.6) is 0 Å². The highest BCUT2D eigenvalue weighted by atomic mass is 14.3. The minimum Gasteiger partial charge on any atom is -0.120 e. The SMILES string of the molecule is C#CC(C)C(C)C(=C)C(C)C(C)C(C)C=C. The van der Waals surface area contributed by atoms with E-state index in [1.165, 1.54) is 5.57 Å². The number of hydrogen-bond acceptors (Lipinski definition) is 0. The summed E-state index contributed by atoms with van der Waals surface area (Å²) in [6.45, 7) is 19.1. The standard InChI is InChI=1S/C16H26/c1-9-11(3)13(5)15(7)16(8)14(6)12(4)10-2/h1,10-14,16H,2,7H2,3-6,8H3. The Kier molecular flexibility index (Phi) is 6.19. The maximum Gasteiger partial charge on any atom is 0.0234 e. The van der Waals surface area contributed by atoms with Gasteiger partial charge in [-0.05, 0) is 23.7 Å². The summed E-state index contributed by atoms with van der Waals surface area (Å²) >= 11 is 0. The molecule has 0 N–H and O–H groups in total. The second-order valence-electron chi connectivity index (χ2n) is 5.06. The molecule has 0 amide bonds. The summed E-state index contributed by atoms with van der Waals surface area (Å²) in [5.41, 5.74) is 1.27. The zero-order chi connectivity index (χ0) is 12.9. The number of rotatable bonds is 6. The molecule has 5 atom stereocenters. The molecule has 0 heterocycles. The van der Waals surface area contributed by atoms with E-state index in [1.54, 1.807) is 0 Å². The molecule has 0 rings (SSSR count). The van der Waals surface area contributed by atoms with E-state index in [9.17, 15) is 0 Å². The lowest BCUT2D eigenvalue weighted by Gasteiger charge is -2.30. The summed E-state index contributed by atoms with van der Waals surface area (Å²) in [4.78, 5) is 0. The predicted molar refractivity (Wildman–Crippen MR) is 74.0 cm³/mol. The fourth-order valence-corrected chi connectivity index (χ4v) is 1.89. The van der Waals surface area contributed by atoms with Crippen LogP contribution in [-0.4, -0.2) is 0 Å². The quantitative estimate of drug-likeness (QED) is 0.453. The van der Waals surface area contributed by atoms with Gasteiger partial charge < -0.3 is 0 Å². The Balaban J connectivity index is 4.62. The van der Waals surface area contributed by atoms with Gasteiger partial charge in [0.1, 0.15) is 0 Å². The van der Waals surface area contributed by atoms with Gasteiger partial charge >= 0.3 is 0 Å². The van der Waals surface area contributed by atoms with Gasteiger partial charge in [-0.1, -0.05) is 52.8 Å². The van der Waals surface area contributed by atoms with E-state index in [0.717, 1.165) is 0 Å². The molecule has 0 aromatic carbocycles. The van der Waals surface area contributed by atoms with Crippen molar-refractivity contribution in [2.75, 3.05) is 0 Å². The Morgan fingerprint density at radius 2 is 1.62 bits per heavy atom. The Morgan fingerprint density at radius 1 is 1.12 bits per heavy atom. The molecule has 0 fully saturated rings. The highest BCUT2D eigenvalue weighted by Gasteiger charge is 2.24. The summed E-state index contributed by atoms with van der Waals surface area (Å²) in [7, 11) is 0. The normalized spacial score (nSPS) is 20.0. The van der Waals surface area contributed by atoms with Crippen LogP contribution in [0.2, 0.25) is 0 Å². The highest BCUT2D eigenvalue weighted by molar-refractivity contribution is 5.11. The van der Waals surface area contributed by atoms with Crippen LogP contribution in [-0.2, 0) is 0 Å². The van der Waals surface area contributed by atoms with Crippen LogP contribution in [0.15, 0.2) is 24.8 Å². The van der Waals surface area contributed by atoms with Crippen LogP contribution in [0.4, 0.5) is 0 Å². The van der Waals surface area contributed by atoms with Crippen molar-refractivity contribution in [3.63, 3.8) is 0 Å². The Morgan fingerprint density at radius 3 is 2.00 bits per heavy atom. The summed E-state index contributed by atoms with van der Waals surface area (Å²) in [6.07, 6.45) is 7.48. The van der Waals surface area contributed by atoms with Crippen LogP contribution in [0.1, 0.15) is 34.6 Å². The largest absolute Gasteiger partial charge is 0.120 e. The first-order valence-corrected chi connectivity index (χ1v) is 6.14. The van der Waals surface area contributed by atoms with E-state index >= 15 is 0 Å². The zero-order valence-corrected chi connectivity index (χ0v) is 11.5. The van der Waals surface area contributed by atoms with Gasteiger partial charge in [0.2, 0.25) is 0 Å². The molecule has 0 aromatic rings. The van der Waals surface area contributed by atoms with E-state index in [0.29, 0.717) is 23.7 Å². The minimum atomic E-state index is 0.265. The van der Waals surface area contributed by atoms with Crippen molar-refractivity contribution < 1.29 is 0 Å². The minimum absolute atomic E-state index is 0.265. The summed E-state index contributed by atoms with van der Waals surface area (Å²) in [6, 6.07) is 0. The first-order chi connectivity index (χ1) is 7.36. The maximum absolute atomic E-state index is 5.47. The molecular formula is C16H26. The second-order valence-corrected chi connectivity index (χ2v) is 5.06. The first-order valence-electron chi connectivity index (χ1n) is 6.14. The molecule has 0 aliphatic carbocycles. The van der Waals surface area contributed by atoms with Crippen molar-refractivity contribution in [3.05, 3.63) is 24.8 Å². The van der Waals surface area contributed by atoms with Gasteiger partial charge in [0.05, 0.1) is 0 Å². The molecule has 0 heteroatoms. The highest BCUT2D eigenvalue weighted by Crippen LogP contribution is 2.32. The van der Waals surface area contributed by atoms with Crippen LogP contribution >= 0.6 is 0 Å². The molecule has 0 aromatic heterocycles. The Hall–Kier alpha value is -0.960. The van der Waals surface area contributed by atoms with Gasteiger partial charge in [-0.25, -0.2) is 0 Å². The molecule has 0 aliphatic rings. The molecule has 90 valence electrons. The Labute approximate surface area is 102 Å². The summed E-state index contributed by atoms with van der Waals surface area (Å²) in [5, 5.41) is 0. The molecule has 0 saturated heterocycles. The molecule has 0 nitrogen and oxygen atoms in total. The third kappa shape index (κ3) is 3.56. The van der Waals surface area contributed by atoms with Gasteiger partial charge in [-0.3, -0.25) is 0 Å². The van der Waals surface area contributed by atoms with Gasteiger partial charge in [-0.2, -0.15) is 0 Å². The number of allylic oxidation sites excluding steroid dienone is 2. The van der Waals surface area contributed by atoms with Crippen molar-refractivity contribution in [2.45, 2.75) is 34.6 Å². The van der Waals surface area contributed by atoms with Crippen molar-refractivity contribution in [2.24, 2.45) is 29.6 Å². The fourth-order valence-electron chi connectivity index (χ4n) is 1.89. The number of hydrogen-bond donors (Lipinski definition) is 0. The average molecular weight is 218 g/mol. The molecule has 0 spiro atoms. The molecule has 0 bridgehead atoms. The van der Waals surface area contributed by atoms with Gasteiger partial charge in [0.25, 0.3) is 0 Å². The van der Waals surface area contributed by atoms with Gasteiger partial charge in [0, 0.05) is 5.92 Å². The topological polar surface area (TPSA) is 0 Å². The van der Waals surface area contributed by atoms with Crippen LogP contribution < -0.4 is 0 Å². The van der Waals surface area contributed by atoms with Crippen molar-refractivity contribution >= 4 is 0 Å². The zero-order valence-electron chi connectivity index (χ0n) is 11.5. The lowest BCUT2D eigenvalue weighted by atomic mass is 9.75. The third-order valence-electron chi connectivity index (χ3n) is 4.17. The van der Waals surface area contributed by atoms with Gasteiger partial charge in [0.15, 0.2) is 0 Å². The lowest BCUT2D eigenvalue weighted by molar-refractivity contribution is 0.328. The second kappa shape index (κ2) is 6.59. The molecule has 16 heavy (non-hydrogen) atoms. The Bertz CT molecular complexity index is 279. The van der Waals surface area contributed by atoms with E-state index in [2.05, 4.69) is 53.7 Å². The monoisotopic (exact) mass is 218 g/mol. The fraction of sp³-hybridized carbons (Fsp3) is 0.625. The predicted octanol–water partition coefficient (Wildman–Crippen LogP) is 4.54. The van der Waals surface area contributed by atoms with E-state index in [-0.39, 0.29) is 5.92 Å². The number of terminal acetylenes is 1. The van der Waals surface area contributed by atoms with Crippen molar-refractivity contribution in [3.8, 4) is 12.3 Å². The van der Waals surface area contributed by atoms with Crippen LogP contribution in [0.3, 0.4) is 0 Å². The van der Waals surface area contributed by atoms with Gasteiger partial charge in [-0.15, -0.1) is 18.9 Å². The van der Waals surface area contributed by atoms with E-state index < -0.39 is 0 Å². The van der Waals surface area contributed by atoms with Crippen molar-refractivity contribution in [1.29, 1.82) is 0 Å². The molecule has 5 unspecified atom stereocenters. The first kappa shape index (κ1) is 15.0. The van der Waals surface area contributed by atoms with Crippen LogP contribution in [0, 0.1) is 41.9 Å². The summed E-state index contributed by atoms with van der Waals surface area (Å²) < 4.78 is 0. The van der Waals surface area contributed by atoms with E-state index in [1.807, 2.05) is 6.08 Å². The third-order valence-corrected chi connectivity index (χ3v) is 4.17. The lowest BCUT2D eigenvalue weighted by Crippen LogP contribution is -2.22. The molecular weight excluding hydrogens is 192 g/mol. The maximum atomic E-state index is 5.47. The molecule has 0 saturated carbocycles. The van der Waals surface area contributed by atoms with E-state index in [4.69, 9.17) is 6.42 Å². The van der Waals surface area contributed by atoms with Crippen molar-refractivity contribution in [1.82, 2.24) is 0 Å².